The Labute approximate surface area is 138 Å². The van der Waals surface area contributed by atoms with Gasteiger partial charge in [0.05, 0.1) is 5.75 Å². The zero-order chi connectivity index (χ0) is 17.1. The minimum absolute atomic E-state index is 0.0152. The Hall–Kier alpha value is -1.49. The molecule has 0 amide bonds. The van der Waals surface area contributed by atoms with E-state index in [-0.39, 0.29) is 24.6 Å². The zero-order valence-corrected chi connectivity index (χ0v) is 14.4. The number of sulfone groups is 1. The lowest BCUT2D eigenvalue weighted by molar-refractivity contribution is 0.397. The third-order valence-electron chi connectivity index (χ3n) is 2.70. The van der Waals surface area contributed by atoms with Crippen molar-refractivity contribution in [2.24, 2.45) is 0 Å². The molecule has 0 unspecified atom stereocenters. The molecule has 0 spiro atoms. The standard InChI is InChI=1S/C12H14ClN3O5S2/c1-22(17,18)12-16-15-11(21-12)6-7-14-23(19,20)8-9-2-4-10(13)5-3-9/h2-5,14H,6-8H2,1H3. The Morgan fingerprint density at radius 2 is 1.78 bits per heavy atom. The monoisotopic (exact) mass is 379 g/mol. The quantitative estimate of drug-likeness (QED) is 0.755. The number of benzene rings is 1. The van der Waals surface area contributed by atoms with E-state index >= 15 is 0 Å². The molecule has 23 heavy (non-hydrogen) atoms. The van der Waals surface area contributed by atoms with Gasteiger partial charge in [-0.2, -0.15) is 0 Å². The maximum absolute atomic E-state index is 11.9. The van der Waals surface area contributed by atoms with Gasteiger partial charge in [0, 0.05) is 24.2 Å². The predicted molar refractivity (Wildman–Crippen MR) is 83.2 cm³/mol. The highest BCUT2D eigenvalue weighted by atomic mass is 35.5. The number of rotatable bonds is 7. The van der Waals surface area contributed by atoms with Crippen molar-refractivity contribution in [3.8, 4) is 0 Å². The van der Waals surface area contributed by atoms with Crippen LogP contribution >= 0.6 is 11.6 Å². The van der Waals surface area contributed by atoms with Gasteiger partial charge in [0.15, 0.2) is 0 Å². The van der Waals surface area contributed by atoms with E-state index < -0.39 is 25.1 Å². The summed E-state index contributed by atoms with van der Waals surface area (Å²) in [4.78, 5) is 0. The third-order valence-corrected chi connectivity index (χ3v) is 5.10. The molecule has 0 bridgehead atoms. The van der Waals surface area contributed by atoms with E-state index in [2.05, 4.69) is 14.9 Å². The topological polar surface area (TPSA) is 119 Å². The minimum atomic E-state index is -3.57. The average molecular weight is 380 g/mol. The Morgan fingerprint density at radius 1 is 1.13 bits per heavy atom. The van der Waals surface area contributed by atoms with Crippen molar-refractivity contribution in [3.63, 3.8) is 0 Å². The SMILES string of the molecule is CS(=O)(=O)c1nnc(CCNS(=O)(=O)Cc2ccc(Cl)cc2)o1. The second-order valence-electron chi connectivity index (χ2n) is 4.76. The van der Waals surface area contributed by atoms with E-state index in [4.69, 9.17) is 16.0 Å². The van der Waals surface area contributed by atoms with E-state index in [9.17, 15) is 16.8 Å². The summed E-state index contributed by atoms with van der Waals surface area (Å²) >= 11 is 5.74. The molecule has 8 nitrogen and oxygen atoms in total. The summed E-state index contributed by atoms with van der Waals surface area (Å²) < 4.78 is 53.6. The van der Waals surface area contributed by atoms with Gasteiger partial charge >= 0.3 is 5.22 Å². The average Bonchev–Trinajstić information content (AvgIpc) is 2.90. The van der Waals surface area contributed by atoms with Gasteiger partial charge in [0.1, 0.15) is 0 Å². The Kier molecular flexibility index (Phi) is 5.40. The van der Waals surface area contributed by atoms with Gasteiger partial charge in [0.25, 0.3) is 0 Å². The highest BCUT2D eigenvalue weighted by Crippen LogP contribution is 2.12. The number of nitrogens with one attached hydrogen (secondary N) is 1. The van der Waals surface area contributed by atoms with Gasteiger partial charge in [-0.15, -0.1) is 5.10 Å². The zero-order valence-electron chi connectivity index (χ0n) is 12.1. The molecule has 1 aromatic carbocycles. The third kappa shape index (κ3) is 5.57. The molecule has 11 heteroatoms. The van der Waals surface area contributed by atoms with Crippen molar-refractivity contribution in [2.45, 2.75) is 17.4 Å². The van der Waals surface area contributed by atoms with Crippen LogP contribution in [-0.4, -0.2) is 39.8 Å². The summed E-state index contributed by atoms with van der Waals surface area (Å²) in [5, 5.41) is 6.97. The second kappa shape index (κ2) is 6.95. The largest absolute Gasteiger partial charge is 0.412 e. The van der Waals surface area contributed by atoms with Crippen LogP contribution in [0.4, 0.5) is 0 Å². The number of hydrogen-bond donors (Lipinski definition) is 1. The van der Waals surface area contributed by atoms with Crippen molar-refractivity contribution in [2.75, 3.05) is 12.8 Å². The molecule has 2 rings (SSSR count). The number of halogens is 1. The lowest BCUT2D eigenvalue weighted by atomic mass is 10.2. The molecule has 0 atom stereocenters. The molecular weight excluding hydrogens is 366 g/mol. The fourth-order valence-electron chi connectivity index (χ4n) is 1.65. The molecule has 0 fully saturated rings. The van der Waals surface area contributed by atoms with Gasteiger partial charge in [-0.25, -0.2) is 21.6 Å². The van der Waals surface area contributed by atoms with E-state index in [0.717, 1.165) is 6.26 Å². The molecule has 1 aromatic heterocycles. The van der Waals surface area contributed by atoms with Gasteiger partial charge in [-0.3, -0.25) is 0 Å². The molecule has 0 aliphatic heterocycles. The van der Waals surface area contributed by atoms with Crippen LogP contribution in [0.15, 0.2) is 33.9 Å². The van der Waals surface area contributed by atoms with Crippen LogP contribution in [0, 0.1) is 0 Å². The first-order valence-corrected chi connectivity index (χ1v) is 10.3. The number of sulfonamides is 1. The minimum Gasteiger partial charge on any atom is -0.412 e. The van der Waals surface area contributed by atoms with Crippen LogP contribution in [0.3, 0.4) is 0 Å². The van der Waals surface area contributed by atoms with Gasteiger partial charge in [-0.1, -0.05) is 28.8 Å². The molecular formula is C12H14ClN3O5S2. The Balaban J connectivity index is 1.89. The van der Waals surface area contributed by atoms with Crippen LogP contribution in [0.25, 0.3) is 0 Å². The first-order chi connectivity index (χ1) is 10.7. The van der Waals surface area contributed by atoms with Gasteiger partial charge < -0.3 is 4.42 Å². The lowest BCUT2D eigenvalue weighted by Crippen LogP contribution is -2.27. The molecule has 2 aromatic rings. The van der Waals surface area contributed by atoms with E-state index in [1.807, 2.05) is 0 Å². The molecule has 126 valence electrons. The smallest absolute Gasteiger partial charge is 0.335 e. The van der Waals surface area contributed by atoms with Gasteiger partial charge in [-0.05, 0) is 17.7 Å². The molecule has 1 N–H and O–H groups in total. The number of hydrogen-bond acceptors (Lipinski definition) is 7. The van der Waals surface area contributed by atoms with Crippen LogP contribution in [0.1, 0.15) is 11.5 Å². The fraction of sp³-hybridized carbons (Fsp3) is 0.333. The summed E-state index contributed by atoms with van der Waals surface area (Å²) in [5.41, 5.74) is 0.596. The summed E-state index contributed by atoms with van der Waals surface area (Å²) in [7, 11) is -7.11. The van der Waals surface area contributed by atoms with E-state index in [1.54, 1.807) is 24.3 Å². The number of nitrogens with zero attached hydrogens (tertiary/aromatic N) is 2. The van der Waals surface area contributed by atoms with Gasteiger partial charge in [0.2, 0.25) is 25.8 Å². The van der Waals surface area contributed by atoms with Crippen molar-refractivity contribution in [1.29, 1.82) is 0 Å². The second-order valence-corrected chi connectivity index (χ2v) is 8.90. The van der Waals surface area contributed by atoms with Crippen LogP contribution in [-0.2, 0) is 32.0 Å². The summed E-state index contributed by atoms with van der Waals surface area (Å²) in [6, 6.07) is 6.46. The van der Waals surface area contributed by atoms with Crippen LogP contribution in [0.5, 0.6) is 0 Å². The van der Waals surface area contributed by atoms with Crippen molar-refractivity contribution in [1.82, 2.24) is 14.9 Å². The van der Waals surface area contributed by atoms with Crippen LogP contribution in [0.2, 0.25) is 5.02 Å². The first kappa shape index (κ1) is 17.9. The van der Waals surface area contributed by atoms with E-state index in [0.29, 0.717) is 10.6 Å². The van der Waals surface area contributed by atoms with Crippen molar-refractivity contribution in [3.05, 3.63) is 40.7 Å². The maximum atomic E-state index is 11.9. The molecule has 0 saturated heterocycles. The van der Waals surface area contributed by atoms with Crippen molar-refractivity contribution < 1.29 is 21.3 Å². The number of aromatic nitrogens is 2. The maximum Gasteiger partial charge on any atom is 0.335 e. The van der Waals surface area contributed by atoms with Crippen molar-refractivity contribution >= 4 is 31.5 Å². The fourth-order valence-corrected chi connectivity index (χ4v) is 3.36. The molecule has 0 aliphatic carbocycles. The molecule has 1 heterocycles. The normalized spacial score (nSPS) is 12.4. The summed E-state index contributed by atoms with van der Waals surface area (Å²) in [6.45, 7) is 0.0152. The summed E-state index contributed by atoms with van der Waals surface area (Å²) in [5.74, 6) is -0.151. The van der Waals surface area contributed by atoms with Crippen LogP contribution < -0.4 is 4.72 Å². The molecule has 0 saturated carbocycles. The summed E-state index contributed by atoms with van der Waals surface area (Å²) in [6.07, 6.45) is 1.03. The molecule has 0 radical (unpaired) electrons. The van der Waals surface area contributed by atoms with E-state index in [1.165, 1.54) is 0 Å². The lowest BCUT2D eigenvalue weighted by Gasteiger charge is -2.05. The highest BCUT2D eigenvalue weighted by Gasteiger charge is 2.17. The predicted octanol–water partition coefficient (Wildman–Crippen LogP) is 0.789. The Morgan fingerprint density at radius 3 is 2.35 bits per heavy atom. The molecule has 0 aliphatic rings. The Bertz CT molecular complexity index is 876. The highest BCUT2D eigenvalue weighted by molar-refractivity contribution is 7.90. The first-order valence-electron chi connectivity index (χ1n) is 6.40.